The van der Waals surface area contributed by atoms with Gasteiger partial charge in [0.1, 0.15) is 6.10 Å². The third-order valence-electron chi connectivity index (χ3n) is 4.31. The Labute approximate surface area is 136 Å². The number of pyridine rings is 1. The zero-order valence-electron chi connectivity index (χ0n) is 11.4. The molecule has 3 nitrogen and oxygen atoms in total. The lowest BCUT2D eigenvalue weighted by Crippen LogP contribution is -2.34. The largest absolute Gasteiger partial charge is 0.385 e. The second-order valence-electron chi connectivity index (χ2n) is 5.56. The summed E-state index contributed by atoms with van der Waals surface area (Å²) in [4.78, 5) is 4.30. The molecule has 20 heavy (non-hydrogen) atoms. The van der Waals surface area contributed by atoms with Crippen molar-refractivity contribution in [1.29, 1.82) is 5.26 Å². The predicted molar refractivity (Wildman–Crippen MR) is 84.9 cm³/mol. The molecule has 1 N–H and O–H groups in total. The van der Waals surface area contributed by atoms with Gasteiger partial charge in [0.2, 0.25) is 0 Å². The minimum atomic E-state index is -0.843. The number of aliphatic hydroxyl groups is 1. The summed E-state index contributed by atoms with van der Waals surface area (Å²) in [6.07, 6.45) is 5.53. The molecule has 0 bridgehead atoms. The minimum Gasteiger partial charge on any atom is -0.385 e. The van der Waals surface area contributed by atoms with Gasteiger partial charge in [-0.2, -0.15) is 5.26 Å². The Morgan fingerprint density at radius 2 is 2.35 bits per heavy atom. The molecule has 1 saturated carbocycles. The molecule has 108 valence electrons. The van der Waals surface area contributed by atoms with E-state index in [2.05, 4.69) is 49.8 Å². The summed E-state index contributed by atoms with van der Waals surface area (Å²) in [5.74, 6) is 0.521. The van der Waals surface area contributed by atoms with Crippen LogP contribution >= 0.6 is 31.9 Å². The second kappa shape index (κ2) is 6.55. The lowest BCUT2D eigenvalue weighted by molar-refractivity contribution is 0.0151. The summed E-state index contributed by atoms with van der Waals surface area (Å²) in [7, 11) is 0. The van der Waals surface area contributed by atoms with E-state index in [9.17, 15) is 10.4 Å². The summed E-state index contributed by atoms with van der Waals surface area (Å²) in [5.41, 5.74) is -0.144. The SMILES string of the molecule is CCC1CCCC(C#N)(C(O)c2ncc(Br)cc2Br)C1. The van der Waals surface area contributed by atoms with E-state index in [1.54, 1.807) is 6.20 Å². The maximum atomic E-state index is 10.8. The molecule has 2 rings (SSSR count). The van der Waals surface area contributed by atoms with Crippen molar-refractivity contribution in [1.82, 2.24) is 4.98 Å². The quantitative estimate of drug-likeness (QED) is 0.794. The monoisotopic (exact) mass is 400 g/mol. The first-order valence-electron chi connectivity index (χ1n) is 6.92. The van der Waals surface area contributed by atoms with E-state index < -0.39 is 11.5 Å². The van der Waals surface area contributed by atoms with Crippen molar-refractivity contribution < 1.29 is 5.11 Å². The van der Waals surface area contributed by atoms with Gasteiger partial charge in [0.05, 0.1) is 17.2 Å². The number of hydrogen-bond donors (Lipinski definition) is 1. The predicted octanol–water partition coefficient (Wildman–Crippen LogP) is 4.75. The molecule has 0 aliphatic heterocycles. The second-order valence-corrected chi connectivity index (χ2v) is 7.33. The third kappa shape index (κ3) is 3.08. The Hall–Kier alpha value is -0.440. The summed E-state index contributed by atoms with van der Waals surface area (Å²) in [6.45, 7) is 2.15. The molecule has 0 aromatic carbocycles. The Kier molecular flexibility index (Phi) is 5.22. The van der Waals surface area contributed by atoms with Crippen LogP contribution in [-0.2, 0) is 0 Å². The summed E-state index contributed by atoms with van der Waals surface area (Å²) >= 11 is 6.79. The van der Waals surface area contributed by atoms with E-state index in [0.29, 0.717) is 11.6 Å². The smallest absolute Gasteiger partial charge is 0.116 e. The van der Waals surface area contributed by atoms with Crippen LogP contribution in [0.25, 0.3) is 0 Å². The maximum Gasteiger partial charge on any atom is 0.116 e. The zero-order valence-corrected chi connectivity index (χ0v) is 14.6. The average Bonchev–Trinajstić information content (AvgIpc) is 2.46. The van der Waals surface area contributed by atoms with Crippen LogP contribution in [0.1, 0.15) is 50.8 Å². The molecule has 5 heteroatoms. The first-order chi connectivity index (χ1) is 9.52. The summed E-state index contributed by atoms with van der Waals surface area (Å²) in [5, 5.41) is 20.4. The molecule has 1 heterocycles. The van der Waals surface area contributed by atoms with Crippen LogP contribution in [-0.4, -0.2) is 10.1 Å². The topological polar surface area (TPSA) is 56.9 Å². The fraction of sp³-hybridized carbons (Fsp3) is 0.600. The number of nitrogens with zero attached hydrogens (tertiary/aromatic N) is 2. The van der Waals surface area contributed by atoms with E-state index in [1.807, 2.05) is 6.07 Å². The van der Waals surface area contributed by atoms with Crippen molar-refractivity contribution in [3.63, 3.8) is 0 Å². The van der Waals surface area contributed by atoms with E-state index in [4.69, 9.17) is 0 Å². The third-order valence-corrected chi connectivity index (χ3v) is 5.38. The van der Waals surface area contributed by atoms with E-state index >= 15 is 0 Å². The molecule has 0 saturated heterocycles. The number of nitriles is 1. The molecule has 3 atom stereocenters. The van der Waals surface area contributed by atoms with Gasteiger partial charge in [-0.1, -0.05) is 26.2 Å². The number of aliphatic hydroxyl groups excluding tert-OH is 1. The lowest BCUT2D eigenvalue weighted by Gasteiger charge is -2.38. The van der Waals surface area contributed by atoms with Crippen molar-refractivity contribution in [2.24, 2.45) is 11.3 Å². The Morgan fingerprint density at radius 1 is 1.60 bits per heavy atom. The summed E-state index contributed by atoms with van der Waals surface area (Å²) in [6, 6.07) is 4.26. The molecule has 1 aliphatic rings. The highest BCUT2D eigenvalue weighted by Gasteiger charge is 2.44. The molecule has 1 aromatic heterocycles. The van der Waals surface area contributed by atoms with Crippen LogP contribution in [0.3, 0.4) is 0 Å². The zero-order chi connectivity index (χ0) is 14.8. The van der Waals surface area contributed by atoms with Crippen LogP contribution in [0.5, 0.6) is 0 Å². The number of aromatic nitrogens is 1. The molecule has 0 spiro atoms. The highest BCUT2D eigenvalue weighted by molar-refractivity contribution is 9.11. The van der Waals surface area contributed by atoms with Gasteiger partial charge in [0.25, 0.3) is 0 Å². The van der Waals surface area contributed by atoms with Crippen molar-refractivity contribution in [3.05, 3.63) is 26.9 Å². The molecule has 1 aromatic rings. The number of hydrogen-bond acceptors (Lipinski definition) is 3. The molecular weight excluding hydrogens is 384 g/mol. The van der Waals surface area contributed by atoms with Crippen molar-refractivity contribution >= 4 is 31.9 Å². The van der Waals surface area contributed by atoms with Crippen LogP contribution in [0.2, 0.25) is 0 Å². The Bertz CT molecular complexity index is 529. The fourth-order valence-electron chi connectivity index (χ4n) is 3.07. The molecule has 0 amide bonds. The molecule has 1 aliphatic carbocycles. The van der Waals surface area contributed by atoms with Gasteiger partial charge in [-0.3, -0.25) is 4.98 Å². The van der Waals surface area contributed by atoms with Crippen LogP contribution in [0, 0.1) is 22.7 Å². The highest BCUT2D eigenvalue weighted by atomic mass is 79.9. The van der Waals surface area contributed by atoms with Crippen LogP contribution in [0.4, 0.5) is 0 Å². The van der Waals surface area contributed by atoms with Gasteiger partial charge in [-0.05, 0) is 56.7 Å². The normalized spacial score (nSPS) is 27.9. The standard InChI is InChI=1S/C15H18Br2N2O/c1-2-10-4-3-5-15(7-10,9-18)14(20)13-12(17)6-11(16)8-19-13/h6,8,10,14,20H,2-5,7H2,1H3. The number of rotatable bonds is 3. The van der Waals surface area contributed by atoms with Crippen LogP contribution in [0.15, 0.2) is 21.2 Å². The van der Waals surface area contributed by atoms with Gasteiger partial charge in [-0.15, -0.1) is 0 Å². The van der Waals surface area contributed by atoms with Gasteiger partial charge in [0.15, 0.2) is 0 Å². The lowest BCUT2D eigenvalue weighted by atomic mass is 9.66. The van der Waals surface area contributed by atoms with E-state index in [0.717, 1.165) is 41.0 Å². The summed E-state index contributed by atoms with van der Waals surface area (Å²) < 4.78 is 1.59. The minimum absolute atomic E-state index is 0.521. The molecule has 0 radical (unpaired) electrons. The number of halogens is 2. The Balaban J connectivity index is 2.33. The highest BCUT2D eigenvalue weighted by Crippen LogP contribution is 2.49. The molecular formula is C15H18Br2N2O. The molecule has 1 fully saturated rings. The van der Waals surface area contributed by atoms with Crippen molar-refractivity contribution in [2.75, 3.05) is 0 Å². The van der Waals surface area contributed by atoms with Crippen molar-refractivity contribution in [2.45, 2.75) is 45.1 Å². The fourth-order valence-corrected chi connectivity index (χ4v) is 4.28. The maximum absolute atomic E-state index is 10.8. The average molecular weight is 402 g/mol. The molecule has 3 unspecified atom stereocenters. The van der Waals surface area contributed by atoms with Gasteiger partial charge < -0.3 is 5.11 Å². The Morgan fingerprint density at radius 3 is 2.95 bits per heavy atom. The van der Waals surface area contributed by atoms with Gasteiger partial charge in [0, 0.05) is 15.1 Å². The first-order valence-corrected chi connectivity index (χ1v) is 8.51. The van der Waals surface area contributed by atoms with Crippen molar-refractivity contribution in [3.8, 4) is 6.07 Å². The van der Waals surface area contributed by atoms with Gasteiger partial charge >= 0.3 is 0 Å². The van der Waals surface area contributed by atoms with E-state index in [-0.39, 0.29) is 0 Å². The van der Waals surface area contributed by atoms with E-state index in [1.165, 1.54) is 0 Å². The van der Waals surface area contributed by atoms with Crippen LogP contribution < -0.4 is 0 Å². The van der Waals surface area contributed by atoms with Gasteiger partial charge in [-0.25, -0.2) is 0 Å². The first kappa shape index (κ1) is 15.9.